The quantitative estimate of drug-likeness (QED) is 0.740. The SMILES string of the molecule is Cc1cccc(-n2nc(CN)[nH]c2=O)c1. The maximum absolute atomic E-state index is 11.5. The highest BCUT2D eigenvalue weighted by molar-refractivity contribution is 5.33. The second-order valence-electron chi connectivity index (χ2n) is 3.33. The average molecular weight is 204 g/mol. The van der Waals surface area contributed by atoms with Gasteiger partial charge in [-0.15, -0.1) is 5.10 Å². The molecule has 1 aromatic carbocycles. The van der Waals surface area contributed by atoms with E-state index in [2.05, 4.69) is 10.1 Å². The number of rotatable bonds is 2. The summed E-state index contributed by atoms with van der Waals surface area (Å²) >= 11 is 0. The van der Waals surface area contributed by atoms with Crippen LogP contribution < -0.4 is 11.4 Å². The van der Waals surface area contributed by atoms with Gasteiger partial charge in [-0.2, -0.15) is 4.68 Å². The Morgan fingerprint density at radius 2 is 2.33 bits per heavy atom. The van der Waals surface area contributed by atoms with Gasteiger partial charge >= 0.3 is 5.69 Å². The third-order valence-corrected chi connectivity index (χ3v) is 2.10. The molecule has 2 rings (SSSR count). The second-order valence-corrected chi connectivity index (χ2v) is 3.33. The molecule has 0 amide bonds. The van der Waals surface area contributed by atoms with Crippen LogP contribution in [0.3, 0.4) is 0 Å². The fourth-order valence-corrected chi connectivity index (χ4v) is 1.39. The maximum atomic E-state index is 11.5. The molecule has 0 aliphatic carbocycles. The van der Waals surface area contributed by atoms with Gasteiger partial charge in [0.05, 0.1) is 12.2 Å². The predicted molar refractivity (Wildman–Crippen MR) is 56.8 cm³/mol. The van der Waals surface area contributed by atoms with Crippen LogP contribution in [0.15, 0.2) is 29.1 Å². The summed E-state index contributed by atoms with van der Waals surface area (Å²) < 4.78 is 1.31. The number of nitrogens with two attached hydrogens (primary N) is 1. The monoisotopic (exact) mass is 204 g/mol. The largest absolute Gasteiger partial charge is 0.348 e. The van der Waals surface area contributed by atoms with Gasteiger partial charge in [-0.25, -0.2) is 4.79 Å². The van der Waals surface area contributed by atoms with Crippen LogP contribution in [0.1, 0.15) is 11.4 Å². The Morgan fingerprint density at radius 1 is 1.53 bits per heavy atom. The Bertz CT molecular complexity index is 526. The molecule has 0 saturated carbocycles. The van der Waals surface area contributed by atoms with Crippen LogP contribution in [0.2, 0.25) is 0 Å². The minimum absolute atomic E-state index is 0.230. The first-order chi connectivity index (χ1) is 7.20. The predicted octanol–water partition coefficient (Wildman–Crippen LogP) is 0.328. The summed E-state index contributed by atoms with van der Waals surface area (Å²) in [6, 6.07) is 7.57. The molecule has 0 fully saturated rings. The van der Waals surface area contributed by atoms with Gasteiger partial charge < -0.3 is 5.73 Å². The van der Waals surface area contributed by atoms with Crippen LogP contribution in [-0.2, 0) is 6.54 Å². The van der Waals surface area contributed by atoms with Crippen LogP contribution in [0, 0.1) is 6.92 Å². The molecule has 1 heterocycles. The van der Waals surface area contributed by atoms with Crippen LogP contribution in [0.25, 0.3) is 5.69 Å². The van der Waals surface area contributed by atoms with E-state index in [4.69, 9.17) is 5.73 Å². The summed E-state index contributed by atoms with van der Waals surface area (Å²) in [6.45, 7) is 2.19. The molecule has 0 aliphatic rings. The van der Waals surface area contributed by atoms with E-state index in [9.17, 15) is 4.79 Å². The summed E-state index contributed by atoms with van der Waals surface area (Å²) in [7, 11) is 0. The van der Waals surface area contributed by atoms with Crippen molar-refractivity contribution in [3.8, 4) is 5.69 Å². The number of aryl methyl sites for hydroxylation is 1. The normalized spacial score (nSPS) is 10.5. The molecule has 1 aromatic heterocycles. The first-order valence-corrected chi connectivity index (χ1v) is 4.66. The fraction of sp³-hybridized carbons (Fsp3) is 0.200. The topological polar surface area (TPSA) is 76.7 Å². The summed E-state index contributed by atoms with van der Waals surface area (Å²) in [4.78, 5) is 14.1. The van der Waals surface area contributed by atoms with Crippen LogP contribution in [0.4, 0.5) is 0 Å². The van der Waals surface area contributed by atoms with Gasteiger partial charge in [-0.05, 0) is 24.6 Å². The van der Waals surface area contributed by atoms with Crippen molar-refractivity contribution in [1.82, 2.24) is 14.8 Å². The molecule has 0 atom stereocenters. The van der Waals surface area contributed by atoms with Crippen molar-refractivity contribution >= 4 is 0 Å². The number of nitrogens with one attached hydrogen (secondary N) is 1. The van der Waals surface area contributed by atoms with Gasteiger partial charge in [0.15, 0.2) is 0 Å². The van der Waals surface area contributed by atoms with Crippen molar-refractivity contribution in [2.75, 3.05) is 0 Å². The minimum Gasteiger partial charge on any atom is -0.324 e. The van der Waals surface area contributed by atoms with Gasteiger partial charge in [0.2, 0.25) is 0 Å². The molecule has 0 unspecified atom stereocenters. The fourth-order valence-electron chi connectivity index (χ4n) is 1.39. The summed E-state index contributed by atoms with van der Waals surface area (Å²) in [5.74, 6) is 0.488. The summed E-state index contributed by atoms with van der Waals surface area (Å²) in [6.07, 6.45) is 0. The van der Waals surface area contributed by atoms with Crippen LogP contribution in [0.5, 0.6) is 0 Å². The van der Waals surface area contributed by atoms with Gasteiger partial charge in [0.1, 0.15) is 5.82 Å². The van der Waals surface area contributed by atoms with E-state index in [1.54, 1.807) is 0 Å². The number of benzene rings is 1. The highest BCUT2D eigenvalue weighted by atomic mass is 16.1. The van der Waals surface area contributed by atoms with Crippen molar-refractivity contribution in [2.45, 2.75) is 13.5 Å². The van der Waals surface area contributed by atoms with Crippen molar-refractivity contribution in [3.05, 3.63) is 46.1 Å². The first kappa shape index (κ1) is 9.67. The molecule has 0 spiro atoms. The van der Waals surface area contributed by atoms with Crippen molar-refractivity contribution in [3.63, 3.8) is 0 Å². The first-order valence-electron chi connectivity index (χ1n) is 4.66. The molecule has 15 heavy (non-hydrogen) atoms. The Hall–Kier alpha value is -1.88. The van der Waals surface area contributed by atoms with E-state index in [0.717, 1.165) is 11.3 Å². The lowest BCUT2D eigenvalue weighted by Crippen LogP contribution is -2.15. The Labute approximate surface area is 86.5 Å². The lowest BCUT2D eigenvalue weighted by Gasteiger charge is -1.99. The second kappa shape index (κ2) is 3.70. The van der Waals surface area contributed by atoms with E-state index in [0.29, 0.717) is 5.82 Å². The van der Waals surface area contributed by atoms with E-state index in [1.807, 2.05) is 31.2 Å². The Morgan fingerprint density at radius 3 is 2.93 bits per heavy atom. The highest BCUT2D eigenvalue weighted by Gasteiger charge is 2.05. The van der Waals surface area contributed by atoms with Gasteiger partial charge in [-0.3, -0.25) is 4.98 Å². The highest BCUT2D eigenvalue weighted by Crippen LogP contribution is 2.06. The Kier molecular flexibility index (Phi) is 2.39. The van der Waals surface area contributed by atoms with Crippen molar-refractivity contribution in [2.24, 2.45) is 5.73 Å². The zero-order valence-corrected chi connectivity index (χ0v) is 8.40. The van der Waals surface area contributed by atoms with Crippen LogP contribution in [-0.4, -0.2) is 14.8 Å². The molecule has 0 aliphatic heterocycles. The molecule has 5 heteroatoms. The van der Waals surface area contributed by atoms with E-state index < -0.39 is 0 Å². The molecule has 5 nitrogen and oxygen atoms in total. The zero-order chi connectivity index (χ0) is 10.8. The third kappa shape index (κ3) is 1.82. The molecular formula is C10H12N4O. The molecule has 0 bridgehead atoms. The van der Waals surface area contributed by atoms with E-state index >= 15 is 0 Å². The summed E-state index contributed by atoms with van der Waals surface area (Å²) in [5.41, 5.74) is 6.96. The number of aromatic amines is 1. The third-order valence-electron chi connectivity index (χ3n) is 2.10. The van der Waals surface area contributed by atoms with Gasteiger partial charge in [-0.1, -0.05) is 12.1 Å². The minimum atomic E-state index is -0.263. The standard InChI is InChI=1S/C10H12N4O/c1-7-3-2-4-8(5-7)14-10(15)12-9(6-11)13-14/h2-5H,6,11H2,1H3,(H,12,13,15). The van der Waals surface area contributed by atoms with Crippen molar-refractivity contribution in [1.29, 1.82) is 0 Å². The average Bonchev–Trinajstić information content (AvgIpc) is 2.60. The Balaban J connectivity index is 2.54. The number of aromatic nitrogens is 3. The maximum Gasteiger partial charge on any atom is 0.348 e. The number of H-pyrrole nitrogens is 1. The molecule has 0 radical (unpaired) electrons. The number of hydrogen-bond donors (Lipinski definition) is 2. The zero-order valence-electron chi connectivity index (χ0n) is 8.40. The van der Waals surface area contributed by atoms with Gasteiger partial charge in [0, 0.05) is 0 Å². The molecule has 3 N–H and O–H groups in total. The molecule has 78 valence electrons. The molecule has 0 saturated heterocycles. The molecular weight excluding hydrogens is 192 g/mol. The van der Waals surface area contributed by atoms with Gasteiger partial charge in [0.25, 0.3) is 0 Å². The molecule has 2 aromatic rings. The lowest BCUT2D eigenvalue weighted by atomic mass is 10.2. The smallest absolute Gasteiger partial charge is 0.324 e. The van der Waals surface area contributed by atoms with E-state index in [-0.39, 0.29) is 12.2 Å². The van der Waals surface area contributed by atoms with Crippen LogP contribution >= 0.6 is 0 Å². The number of nitrogens with zero attached hydrogens (tertiary/aromatic N) is 2. The van der Waals surface area contributed by atoms with Crippen molar-refractivity contribution < 1.29 is 0 Å². The summed E-state index contributed by atoms with van der Waals surface area (Å²) in [5, 5.41) is 4.06. The number of hydrogen-bond acceptors (Lipinski definition) is 3. The lowest BCUT2D eigenvalue weighted by molar-refractivity contribution is 0.812. The van der Waals surface area contributed by atoms with E-state index in [1.165, 1.54) is 4.68 Å².